The van der Waals surface area contributed by atoms with E-state index >= 15 is 0 Å². The Balaban J connectivity index is 1.68. The zero-order valence-electron chi connectivity index (χ0n) is 19.4. The monoisotopic (exact) mass is 421 g/mol. The molecule has 30 heavy (non-hydrogen) atoms. The summed E-state index contributed by atoms with van der Waals surface area (Å²) >= 11 is 0. The number of fused-ring (bicyclic) bond motifs is 1. The number of hydrogen-bond donors (Lipinski definition) is 4. The van der Waals surface area contributed by atoms with Gasteiger partial charge in [0.05, 0.1) is 12.2 Å². The molecule has 0 amide bonds. The van der Waals surface area contributed by atoms with Gasteiger partial charge in [0.2, 0.25) is 0 Å². The summed E-state index contributed by atoms with van der Waals surface area (Å²) in [5.41, 5.74) is 1.58. The van der Waals surface area contributed by atoms with Crippen molar-refractivity contribution in [2.45, 2.75) is 96.7 Å². The molecule has 0 spiro atoms. The maximum Gasteiger partial charge on any atom is 0.0723 e. The second kappa shape index (κ2) is 14.4. The van der Waals surface area contributed by atoms with Crippen molar-refractivity contribution in [1.82, 2.24) is 5.32 Å². The average molecular weight is 422 g/mol. The van der Waals surface area contributed by atoms with E-state index in [4.69, 9.17) is 5.11 Å². The molecule has 0 heterocycles. The van der Waals surface area contributed by atoms with Gasteiger partial charge in [0.1, 0.15) is 0 Å². The van der Waals surface area contributed by atoms with E-state index in [0.29, 0.717) is 17.8 Å². The highest BCUT2D eigenvalue weighted by Gasteiger charge is 2.43. The first-order valence-corrected chi connectivity index (χ1v) is 12.6. The largest absolute Gasteiger partial charge is 0.396 e. The molecular weight excluding hydrogens is 374 g/mol. The number of allylic oxidation sites excluding steroid dienone is 2. The molecule has 2 rings (SSSR count). The van der Waals surface area contributed by atoms with Crippen LogP contribution in [-0.4, -0.2) is 47.2 Å². The maximum absolute atomic E-state index is 10.5. The van der Waals surface area contributed by atoms with E-state index in [2.05, 4.69) is 31.3 Å². The molecule has 0 saturated heterocycles. The van der Waals surface area contributed by atoms with Crippen molar-refractivity contribution >= 4 is 0 Å². The lowest BCUT2D eigenvalue weighted by atomic mass is 9.88. The normalized spacial score (nSPS) is 28.1. The number of unbranched alkanes of at least 4 members (excludes halogenated alkanes) is 3. The fourth-order valence-electron chi connectivity index (χ4n) is 5.32. The van der Waals surface area contributed by atoms with Crippen molar-refractivity contribution in [2.24, 2.45) is 23.7 Å². The molecule has 6 atom stereocenters. The van der Waals surface area contributed by atoms with Gasteiger partial charge < -0.3 is 20.6 Å². The van der Waals surface area contributed by atoms with Crippen LogP contribution in [0.15, 0.2) is 23.8 Å². The van der Waals surface area contributed by atoms with Gasteiger partial charge in [-0.25, -0.2) is 0 Å². The summed E-state index contributed by atoms with van der Waals surface area (Å²) < 4.78 is 0. The summed E-state index contributed by atoms with van der Waals surface area (Å²) in [7, 11) is 0. The van der Waals surface area contributed by atoms with Gasteiger partial charge in [-0.15, -0.1) is 0 Å². The number of hydrogen-bond acceptors (Lipinski definition) is 4. The molecule has 0 bridgehead atoms. The molecule has 0 unspecified atom stereocenters. The molecule has 4 nitrogen and oxygen atoms in total. The molecule has 2 aliphatic rings. The van der Waals surface area contributed by atoms with Gasteiger partial charge >= 0.3 is 0 Å². The molecule has 1 fully saturated rings. The molecule has 0 aliphatic heterocycles. The Hall–Kier alpha value is -0.680. The summed E-state index contributed by atoms with van der Waals surface area (Å²) in [6.45, 7) is 6.66. The van der Waals surface area contributed by atoms with Crippen LogP contribution >= 0.6 is 0 Å². The van der Waals surface area contributed by atoms with Crippen LogP contribution < -0.4 is 5.32 Å². The van der Waals surface area contributed by atoms with E-state index < -0.39 is 0 Å². The van der Waals surface area contributed by atoms with Gasteiger partial charge in [0, 0.05) is 12.5 Å². The fraction of sp³-hybridized carbons (Fsp3) is 0.846. The maximum atomic E-state index is 10.5. The molecule has 4 heteroatoms. The minimum absolute atomic E-state index is 0.195. The number of nitrogens with one attached hydrogen (secondary N) is 1. The Bertz CT molecular complexity index is 518. The minimum Gasteiger partial charge on any atom is -0.396 e. The topological polar surface area (TPSA) is 72.7 Å². The Morgan fingerprint density at radius 2 is 1.97 bits per heavy atom. The van der Waals surface area contributed by atoms with Gasteiger partial charge in [-0.2, -0.15) is 0 Å². The van der Waals surface area contributed by atoms with Gasteiger partial charge in [0.15, 0.2) is 0 Å². The van der Waals surface area contributed by atoms with E-state index in [9.17, 15) is 10.2 Å². The Labute approximate surface area is 184 Å². The molecule has 0 aromatic heterocycles. The van der Waals surface area contributed by atoms with Crippen molar-refractivity contribution < 1.29 is 15.3 Å². The standard InChI is InChI=1S/C26H47NO3/c1-3-4-9-20(2)16-23(29)11-12-24-25-18-21(17-22(25)19-26(24)30)10-6-5-7-13-27-14-8-15-28/h11-12,17,20,22-30H,3-10,13-16,18-19H2,1-2H3/b12-11+/t20-,22+,23-,24-,25+,26-/m1/s1. The highest BCUT2D eigenvalue weighted by molar-refractivity contribution is 5.21. The third-order valence-electron chi connectivity index (χ3n) is 7.06. The Morgan fingerprint density at radius 1 is 1.17 bits per heavy atom. The van der Waals surface area contributed by atoms with Crippen LogP contribution in [0.25, 0.3) is 0 Å². The van der Waals surface area contributed by atoms with Crippen molar-refractivity contribution in [1.29, 1.82) is 0 Å². The highest BCUT2D eigenvalue weighted by atomic mass is 16.3. The van der Waals surface area contributed by atoms with Crippen LogP contribution in [-0.2, 0) is 0 Å². The molecule has 0 radical (unpaired) electrons. The second-order valence-corrected chi connectivity index (χ2v) is 9.81. The molecule has 2 aliphatic carbocycles. The molecule has 0 aromatic rings. The zero-order chi connectivity index (χ0) is 21.8. The van der Waals surface area contributed by atoms with E-state index in [0.717, 1.165) is 38.8 Å². The predicted octanol–water partition coefficient (Wildman–Crippen LogP) is 4.60. The molecule has 4 N–H and O–H groups in total. The van der Waals surface area contributed by atoms with E-state index in [1.165, 1.54) is 44.9 Å². The van der Waals surface area contributed by atoms with Gasteiger partial charge in [-0.1, -0.05) is 63.3 Å². The minimum atomic E-state index is -0.386. The molecule has 1 saturated carbocycles. The quantitative estimate of drug-likeness (QED) is 0.217. The zero-order valence-corrected chi connectivity index (χ0v) is 19.4. The Kier molecular flexibility index (Phi) is 12.3. The lowest BCUT2D eigenvalue weighted by molar-refractivity contribution is 0.139. The SMILES string of the molecule is CCCC[C@@H](C)C[C@H](O)/C=C/[C@@H]1[C@H]2CC(CCCCCNCCCO)=C[C@H]2C[C@H]1O. The Morgan fingerprint density at radius 3 is 2.73 bits per heavy atom. The fourth-order valence-corrected chi connectivity index (χ4v) is 5.32. The highest BCUT2D eigenvalue weighted by Crippen LogP contribution is 2.48. The third kappa shape index (κ3) is 8.82. The number of aliphatic hydroxyl groups excluding tert-OH is 3. The van der Waals surface area contributed by atoms with Crippen molar-refractivity contribution in [2.75, 3.05) is 19.7 Å². The summed E-state index contributed by atoms with van der Waals surface area (Å²) in [5, 5.41) is 33.1. The van der Waals surface area contributed by atoms with Crippen molar-refractivity contribution in [3.05, 3.63) is 23.8 Å². The van der Waals surface area contributed by atoms with Crippen LogP contribution in [0.2, 0.25) is 0 Å². The lowest BCUT2D eigenvalue weighted by Gasteiger charge is -2.19. The first kappa shape index (κ1) is 25.6. The molecular formula is C26H47NO3. The van der Waals surface area contributed by atoms with E-state index in [1.54, 1.807) is 5.57 Å². The summed E-state index contributed by atoms with van der Waals surface area (Å²) in [6.07, 6.45) is 18.0. The predicted molar refractivity (Wildman–Crippen MR) is 125 cm³/mol. The van der Waals surface area contributed by atoms with Crippen molar-refractivity contribution in [3.8, 4) is 0 Å². The van der Waals surface area contributed by atoms with Gasteiger partial charge in [0.25, 0.3) is 0 Å². The summed E-state index contributed by atoms with van der Waals surface area (Å²) in [6, 6.07) is 0. The van der Waals surface area contributed by atoms with E-state index in [-0.39, 0.29) is 24.7 Å². The molecule has 174 valence electrons. The average Bonchev–Trinajstić information content (AvgIpc) is 3.23. The van der Waals surface area contributed by atoms with Crippen LogP contribution in [0.4, 0.5) is 0 Å². The number of rotatable bonds is 16. The van der Waals surface area contributed by atoms with Crippen LogP contribution in [0.1, 0.15) is 84.5 Å². The first-order chi connectivity index (χ1) is 14.5. The summed E-state index contributed by atoms with van der Waals surface area (Å²) in [5.74, 6) is 1.79. The third-order valence-corrected chi connectivity index (χ3v) is 7.06. The first-order valence-electron chi connectivity index (χ1n) is 12.6. The summed E-state index contributed by atoms with van der Waals surface area (Å²) in [4.78, 5) is 0. The number of aliphatic hydroxyl groups is 3. The van der Waals surface area contributed by atoms with Gasteiger partial charge in [-0.05, 0) is 75.8 Å². The smallest absolute Gasteiger partial charge is 0.0723 e. The van der Waals surface area contributed by atoms with Gasteiger partial charge in [-0.3, -0.25) is 0 Å². The van der Waals surface area contributed by atoms with Crippen LogP contribution in [0, 0.1) is 23.7 Å². The second-order valence-electron chi connectivity index (χ2n) is 9.81. The molecule has 0 aromatic carbocycles. The van der Waals surface area contributed by atoms with Crippen LogP contribution in [0.5, 0.6) is 0 Å². The van der Waals surface area contributed by atoms with E-state index in [1.807, 2.05) is 6.08 Å². The lowest BCUT2D eigenvalue weighted by Crippen LogP contribution is -2.18. The van der Waals surface area contributed by atoms with Crippen LogP contribution in [0.3, 0.4) is 0 Å². The van der Waals surface area contributed by atoms with Crippen molar-refractivity contribution in [3.63, 3.8) is 0 Å².